The molecule has 30 heavy (non-hydrogen) atoms. The summed E-state index contributed by atoms with van der Waals surface area (Å²) in [6.07, 6.45) is 2.76. The maximum Gasteiger partial charge on any atom is 0.338 e. The number of carbonyl (C=O) groups is 4. The van der Waals surface area contributed by atoms with Crippen molar-refractivity contribution in [3.63, 3.8) is 0 Å². The molecule has 0 aliphatic heterocycles. The fourth-order valence-electron chi connectivity index (χ4n) is 2.61. The molecule has 0 aliphatic rings. The van der Waals surface area contributed by atoms with Crippen LogP contribution in [0.1, 0.15) is 67.1 Å². The number of benzene rings is 2. The third kappa shape index (κ3) is 7.05. The molecule has 0 spiro atoms. The summed E-state index contributed by atoms with van der Waals surface area (Å²) >= 11 is 0. The van der Waals surface area contributed by atoms with Crippen LogP contribution in [-0.4, -0.2) is 47.3 Å². The molecule has 0 unspecified atom stereocenters. The first-order valence-corrected chi connectivity index (χ1v) is 9.39. The quantitative estimate of drug-likeness (QED) is 0.421. The molecule has 0 aliphatic carbocycles. The van der Waals surface area contributed by atoms with Crippen molar-refractivity contribution in [3.05, 3.63) is 70.8 Å². The molecule has 158 valence electrons. The second-order valence-electron chi connectivity index (χ2n) is 6.46. The van der Waals surface area contributed by atoms with Crippen LogP contribution in [-0.2, 0) is 9.47 Å². The van der Waals surface area contributed by atoms with Crippen LogP contribution in [0.5, 0.6) is 0 Å². The Labute approximate surface area is 173 Å². The van der Waals surface area contributed by atoms with E-state index in [-0.39, 0.29) is 35.5 Å². The molecule has 0 aromatic heterocycles. The molecular formula is C22H22O8. The number of ether oxygens (including phenoxy) is 2. The summed E-state index contributed by atoms with van der Waals surface area (Å²) in [7, 11) is 0. The number of rotatable bonds is 11. The van der Waals surface area contributed by atoms with Gasteiger partial charge in [0.15, 0.2) is 0 Å². The third-order valence-electron chi connectivity index (χ3n) is 4.20. The first-order valence-electron chi connectivity index (χ1n) is 9.39. The van der Waals surface area contributed by atoms with E-state index in [4.69, 9.17) is 19.7 Å². The predicted molar refractivity (Wildman–Crippen MR) is 106 cm³/mol. The van der Waals surface area contributed by atoms with Crippen LogP contribution < -0.4 is 0 Å². The summed E-state index contributed by atoms with van der Waals surface area (Å²) in [5.41, 5.74) is 0.421. The number of esters is 2. The van der Waals surface area contributed by atoms with Crippen LogP contribution in [0.25, 0.3) is 0 Å². The molecule has 2 rings (SSSR count). The highest BCUT2D eigenvalue weighted by Crippen LogP contribution is 2.10. The molecule has 8 nitrogen and oxygen atoms in total. The van der Waals surface area contributed by atoms with E-state index < -0.39 is 23.9 Å². The van der Waals surface area contributed by atoms with Crippen molar-refractivity contribution in [3.8, 4) is 0 Å². The molecule has 0 heterocycles. The molecule has 0 radical (unpaired) electrons. The van der Waals surface area contributed by atoms with E-state index in [2.05, 4.69) is 0 Å². The Morgan fingerprint density at radius 3 is 1.33 bits per heavy atom. The number of unbranched alkanes of at least 4 members (excludes halogenated alkanes) is 3. The summed E-state index contributed by atoms with van der Waals surface area (Å²) < 4.78 is 10.3. The average molecular weight is 414 g/mol. The highest BCUT2D eigenvalue weighted by atomic mass is 16.5. The van der Waals surface area contributed by atoms with Crippen LogP contribution >= 0.6 is 0 Å². The Hall–Kier alpha value is -3.68. The van der Waals surface area contributed by atoms with E-state index in [1.807, 2.05) is 0 Å². The number of hydrogen-bond acceptors (Lipinski definition) is 6. The zero-order valence-electron chi connectivity index (χ0n) is 16.2. The molecule has 0 bridgehead atoms. The molecule has 8 heteroatoms. The number of aromatic carboxylic acids is 2. The maximum atomic E-state index is 11.9. The van der Waals surface area contributed by atoms with Crippen molar-refractivity contribution >= 4 is 23.9 Å². The zero-order valence-corrected chi connectivity index (χ0v) is 16.2. The van der Waals surface area contributed by atoms with Gasteiger partial charge in [0.25, 0.3) is 0 Å². The lowest BCUT2D eigenvalue weighted by molar-refractivity contribution is 0.0473. The van der Waals surface area contributed by atoms with Gasteiger partial charge in [-0.25, -0.2) is 19.2 Å². The molecule has 2 aromatic rings. The van der Waals surface area contributed by atoms with Crippen molar-refractivity contribution in [2.24, 2.45) is 0 Å². The average Bonchev–Trinajstić information content (AvgIpc) is 2.75. The van der Waals surface area contributed by atoms with Gasteiger partial charge in [0.05, 0.1) is 35.5 Å². The smallest absolute Gasteiger partial charge is 0.338 e. The SMILES string of the molecule is O=C(O)c1cccc(C(=O)OCCCCCCOC(=O)c2cccc(C(=O)O)c2)c1. The van der Waals surface area contributed by atoms with Gasteiger partial charge >= 0.3 is 23.9 Å². The van der Waals surface area contributed by atoms with Gasteiger partial charge in [-0.3, -0.25) is 0 Å². The number of carboxylic acids is 2. The molecular weight excluding hydrogens is 392 g/mol. The first-order chi connectivity index (χ1) is 14.4. The van der Waals surface area contributed by atoms with E-state index in [0.29, 0.717) is 12.8 Å². The molecule has 0 fully saturated rings. The lowest BCUT2D eigenvalue weighted by atomic mass is 10.1. The van der Waals surface area contributed by atoms with Crippen molar-refractivity contribution in [1.29, 1.82) is 0 Å². The normalized spacial score (nSPS) is 10.3. The van der Waals surface area contributed by atoms with Gasteiger partial charge in [0, 0.05) is 0 Å². The Balaban J connectivity index is 1.60. The molecule has 0 atom stereocenters. The highest BCUT2D eigenvalue weighted by Gasteiger charge is 2.11. The summed E-state index contributed by atoms with van der Waals surface area (Å²) in [6.45, 7) is 0.413. The Morgan fingerprint density at radius 2 is 0.967 bits per heavy atom. The Morgan fingerprint density at radius 1 is 0.600 bits per heavy atom. The van der Waals surface area contributed by atoms with Crippen LogP contribution in [0, 0.1) is 0 Å². The van der Waals surface area contributed by atoms with E-state index in [1.54, 1.807) is 0 Å². The molecule has 0 saturated carbocycles. The Kier molecular flexibility index (Phi) is 8.56. The van der Waals surface area contributed by atoms with Gasteiger partial charge < -0.3 is 19.7 Å². The molecule has 2 N–H and O–H groups in total. The molecule has 0 saturated heterocycles. The van der Waals surface area contributed by atoms with Gasteiger partial charge in [0.2, 0.25) is 0 Å². The number of carboxylic acid groups (broad SMARTS) is 2. The second kappa shape index (κ2) is 11.4. The van der Waals surface area contributed by atoms with Gasteiger partial charge in [-0.1, -0.05) is 12.1 Å². The summed E-state index contributed by atoms with van der Waals surface area (Å²) in [6, 6.07) is 11.3. The van der Waals surface area contributed by atoms with Crippen molar-refractivity contribution in [1.82, 2.24) is 0 Å². The number of hydrogen-bond donors (Lipinski definition) is 2. The maximum absolute atomic E-state index is 11.9. The molecule has 2 aromatic carbocycles. The summed E-state index contributed by atoms with van der Waals surface area (Å²) in [5, 5.41) is 17.9. The van der Waals surface area contributed by atoms with Crippen molar-refractivity contribution < 1.29 is 38.9 Å². The third-order valence-corrected chi connectivity index (χ3v) is 4.20. The highest BCUT2D eigenvalue weighted by molar-refractivity contribution is 5.95. The Bertz CT molecular complexity index is 843. The topological polar surface area (TPSA) is 127 Å². The van der Waals surface area contributed by atoms with Crippen LogP contribution in [0.4, 0.5) is 0 Å². The fourth-order valence-corrected chi connectivity index (χ4v) is 2.61. The van der Waals surface area contributed by atoms with Crippen LogP contribution in [0.3, 0.4) is 0 Å². The van der Waals surface area contributed by atoms with E-state index in [1.165, 1.54) is 48.5 Å². The second-order valence-corrected chi connectivity index (χ2v) is 6.46. The van der Waals surface area contributed by atoms with Gasteiger partial charge in [-0.2, -0.15) is 0 Å². The van der Waals surface area contributed by atoms with Gasteiger partial charge in [-0.05, 0) is 62.1 Å². The largest absolute Gasteiger partial charge is 0.478 e. The summed E-state index contributed by atoms with van der Waals surface area (Å²) in [5.74, 6) is -3.37. The van der Waals surface area contributed by atoms with Crippen LogP contribution in [0.15, 0.2) is 48.5 Å². The van der Waals surface area contributed by atoms with E-state index >= 15 is 0 Å². The number of carbonyl (C=O) groups excluding carboxylic acids is 2. The van der Waals surface area contributed by atoms with Crippen molar-refractivity contribution in [2.45, 2.75) is 25.7 Å². The summed E-state index contributed by atoms with van der Waals surface area (Å²) in [4.78, 5) is 45.7. The predicted octanol–water partition coefficient (Wildman–Crippen LogP) is 3.66. The zero-order chi connectivity index (χ0) is 21.9. The lowest BCUT2D eigenvalue weighted by Gasteiger charge is -2.07. The van der Waals surface area contributed by atoms with Crippen LogP contribution in [0.2, 0.25) is 0 Å². The molecule has 0 amide bonds. The van der Waals surface area contributed by atoms with Gasteiger partial charge in [0.1, 0.15) is 0 Å². The standard InChI is InChI=1S/C22H22O8/c23-19(24)15-7-5-9-17(13-15)21(27)29-11-3-1-2-4-12-30-22(28)18-10-6-8-16(14-18)20(25)26/h5-10,13-14H,1-4,11-12H2,(H,23,24)(H,25,26). The minimum absolute atomic E-state index is 0.0219. The van der Waals surface area contributed by atoms with E-state index in [9.17, 15) is 19.2 Å². The van der Waals surface area contributed by atoms with Crippen molar-refractivity contribution in [2.75, 3.05) is 13.2 Å². The van der Waals surface area contributed by atoms with Gasteiger partial charge in [-0.15, -0.1) is 0 Å². The minimum Gasteiger partial charge on any atom is -0.478 e. The van der Waals surface area contributed by atoms with E-state index in [0.717, 1.165) is 12.8 Å². The fraction of sp³-hybridized carbons (Fsp3) is 0.273. The first kappa shape index (κ1) is 22.6. The monoisotopic (exact) mass is 414 g/mol. The lowest BCUT2D eigenvalue weighted by Crippen LogP contribution is -2.09. The minimum atomic E-state index is -1.11.